The Labute approximate surface area is 212 Å². The number of rotatable bonds is 5. The van der Waals surface area contributed by atoms with Gasteiger partial charge in [0.1, 0.15) is 28.5 Å². The maximum Gasteiger partial charge on any atom is 0.336 e. The third kappa shape index (κ3) is 4.57. The van der Waals surface area contributed by atoms with E-state index in [2.05, 4.69) is 10.3 Å². The number of anilines is 2. The summed E-state index contributed by atoms with van der Waals surface area (Å²) in [4.78, 5) is 14.8. The molecule has 2 aliphatic rings. The van der Waals surface area contributed by atoms with Crippen molar-refractivity contribution >= 4 is 38.4 Å². The van der Waals surface area contributed by atoms with Gasteiger partial charge in [-0.1, -0.05) is 18.2 Å². The average molecular weight is 515 g/mol. The largest absolute Gasteiger partial charge is 0.744 e. The van der Waals surface area contributed by atoms with Crippen LogP contribution in [0.15, 0.2) is 88.2 Å². The molecule has 3 aromatic rings. The monoisotopic (exact) mass is 514 g/mol. The fourth-order valence-corrected chi connectivity index (χ4v) is 4.94. The van der Waals surface area contributed by atoms with Crippen molar-refractivity contribution < 1.29 is 32.3 Å². The van der Waals surface area contributed by atoms with Crippen LogP contribution in [0.4, 0.5) is 11.4 Å². The quantitative estimate of drug-likeness (QED) is 0.242. The van der Waals surface area contributed by atoms with Gasteiger partial charge in [-0.15, -0.1) is 0 Å². The third-order valence-corrected chi connectivity index (χ3v) is 7.03. The van der Waals surface area contributed by atoms with Gasteiger partial charge in [0.2, 0.25) is 5.36 Å². The molecule has 1 aliphatic carbocycles. The Bertz CT molecular complexity index is 1840. The first-order chi connectivity index (χ1) is 17.7. The fourth-order valence-electron chi connectivity index (χ4n) is 4.39. The molecule has 0 atom stereocenters. The topological polar surface area (TPSA) is 134 Å². The zero-order valence-corrected chi connectivity index (χ0v) is 20.7. The Balaban J connectivity index is 1.71. The summed E-state index contributed by atoms with van der Waals surface area (Å²) in [6, 6.07) is 22.1. The first-order valence-corrected chi connectivity index (χ1v) is 12.7. The molecule has 37 heavy (non-hydrogen) atoms. The second-order valence-corrected chi connectivity index (χ2v) is 9.94. The van der Waals surface area contributed by atoms with E-state index in [4.69, 9.17) is 4.42 Å². The van der Waals surface area contributed by atoms with Crippen LogP contribution in [0.5, 0.6) is 0 Å². The summed E-state index contributed by atoms with van der Waals surface area (Å²) in [7, 11) is -2.75. The van der Waals surface area contributed by atoms with Crippen molar-refractivity contribution in [2.75, 3.05) is 12.4 Å². The van der Waals surface area contributed by atoms with Crippen molar-refractivity contribution in [3.05, 3.63) is 95.3 Å². The van der Waals surface area contributed by atoms with E-state index in [1.54, 1.807) is 44.3 Å². The van der Waals surface area contributed by atoms with Crippen molar-refractivity contribution in [3.8, 4) is 22.5 Å². The van der Waals surface area contributed by atoms with E-state index in [1.807, 2.05) is 30.3 Å². The molecule has 0 saturated carbocycles. The van der Waals surface area contributed by atoms with E-state index < -0.39 is 16.1 Å². The molecule has 3 aromatic carbocycles. The van der Waals surface area contributed by atoms with E-state index in [9.17, 15) is 22.9 Å². The van der Waals surface area contributed by atoms with Gasteiger partial charge in [0.05, 0.1) is 16.5 Å². The second-order valence-electron chi connectivity index (χ2n) is 8.56. The normalized spacial score (nSPS) is 12.2. The highest BCUT2D eigenvalue weighted by atomic mass is 32.2. The lowest BCUT2D eigenvalue weighted by Gasteiger charge is -2.18. The summed E-state index contributed by atoms with van der Waals surface area (Å²) in [6.45, 7) is 1.70. The Morgan fingerprint density at radius 2 is 1.76 bits per heavy atom. The number of nitrogens with one attached hydrogen (secondary N) is 2. The van der Waals surface area contributed by atoms with E-state index in [0.717, 1.165) is 21.9 Å². The summed E-state index contributed by atoms with van der Waals surface area (Å²) in [5.41, 5.74) is 4.67. The van der Waals surface area contributed by atoms with E-state index in [1.165, 1.54) is 18.2 Å². The van der Waals surface area contributed by atoms with Gasteiger partial charge in [-0.25, -0.2) is 18.2 Å². The Hall–Kier alpha value is -4.47. The smallest absolute Gasteiger partial charge is 0.336 e. The van der Waals surface area contributed by atoms with Crippen molar-refractivity contribution in [3.63, 3.8) is 0 Å². The number of carboxylic acid groups (broad SMARTS) is 1. The van der Waals surface area contributed by atoms with Gasteiger partial charge in [0.15, 0.2) is 0 Å². The average Bonchev–Trinajstić information content (AvgIpc) is 2.87. The summed E-state index contributed by atoms with van der Waals surface area (Å²) >= 11 is 0. The van der Waals surface area contributed by atoms with Crippen LogP contribution < -0.4 is 15.7 Å². The number of fused-ring (bicyclic) bond motifs is 2. The van der Waals surface area contributed by atoms with Gasteiger partial charge < -0.3 is 19.4 Å². The molecule has 0 aromatic heterocycles. The highest BCUT2D eigenvalue weighted by Gasteiger charge is 2.21. The first-order valence-electron chi connectivity index (χ1n) is 11.3. The first kappa shape index (κ1) is 24.2. The van der Waals surface area contributed by atoms with Gasteiger partial charge in [-0.3, -0.25) is 0 Å². The van der Waals surface area contributed by atoms with E-state index in [-0.39, 0.29) is 10.5 Å². The molecule has 1 heterocycles. The number of hydrogen-bond acceptors (Lipinski definition) is 6. The molecular weight excluding hydrogens is 492 g/mol. The van der Waals surface area contributed by atoms with Crippen molar-refractivity contribution in [2.45, 2.75) is 11.8 Å². The lowest BCUT2D eigenvalue weighted by Crippen LogP contribution is -2.71. The molecule has 5 rings (SSSR count). The van der Waals surface area contributed by atoms with Crippen molar-refractivity contribution in [1.29, 1.82) is 0 Å². The van der Waals surface area contributed by atoms with Gasteiger partial charge in [-0.05, 0) is 60.5 Å². The maximum atomic E-state index is 12.0. The second kappa shape index (κ2) is 9.20. The zero-order valence-electron chi connectivity index (χ0n) is 19.9. The Kier molecular flexibility index (Phi) is 6.02. The Morgan fingerprint density at radius 3 is 2.46 bits per heavy atom. The minimum atomic E-state index is -4.55. The molecular formula is C28H22N2O6S. The molecule has 0 amide bonds. The third-order valence-electron chi connectivity index (χ3n) is 6.20. The van der Waals surface area contributed by atoms with Gasteiger partial charge in [0, 0.05) is 40.0 Å². The van der Waals surface area contributed by atoms with Crippen LogP contribution in [0.1, 0.15) is 15.9 Å². The molecule has 9 heteroatoms. The van der Waals surface area contributed by atoms with E-state index in [0.29, 0.717) is 33.8 Å². The lowest BCUT2D eigenvalue weighted by atomic mass is 9.90. The zero-order chi connectivity index (χ0) is 26.3. The summed E-state index contributed by atoms with van der Waals surface area (Å²) in [6.07, 6.45) is 0. The SMILES string of the molecule is C[NH+]=c1ccc2c(-c3ccccc3C(=O)O)c3ccc(Nc4ccc(S(=O)(=O)[O-])cc4C)cc3oc-2c1. The van der Waals surface area contributed by atoms with Gasteiger partial charge in [0.25, 0.3) is 0 Å². The molecule has 0 fully saturated rings. The standard InChI is InChI=1S/C28H22N2O6S/c1-16-13-19(37(33,34)35)9-12-24(16)30-18-8-11-23-26(15-18)36-25-14-17(29-2)7-10-22(25)27(23)20-5-3-4-6-21(20)28(31)32/h3-15,30H,1-2H3,(H,31,32)(H,33,34,35). The fraction of sp³-hybridized carbons (Fsp3) is 0.0714. The van der Waals surface area contributed by atoms with Crippen molar-refractivity contribution in [2.24, 2.45) is 0 Å². The van der Waals surface area contributed by atoms with Crippen LogP contribution in [0.2, 0.25) is 0 Å². The van der Waals surface area contributed by atoms with E-state index >= 15 is 0 Å². The minimum absolute atomic E-state index is 0.181. The molecule has 186 valence electrons. The molecule has 0 spiro atoms. The minimum Gasteiger partial charge on any atom is -0.744 e. The number of benzene rings is 4. The van der Waals surface area contributed by atoms with Gasteiger partial charge >= 0.3 is 5.97 Å². The molecule has 8 nitrogen and oxygen atoms in total. The number of aromatic carboxylic acids is 1. The van der Waals surface area contributed by atoms with Crippen LogP contribution in [-0.2, 0) is 10.1 Å². The van der Waals surface area contributed by atoms with Crippen LogP contribution >= 0.6 is 0 Å². The summed E-state index contributed by atoms with van der Waals surface area (Å²) < 4.78 is 40.3. The molecule has 0 bridgehead atoms. The van der Waals surface area contributed by atoms with Gasteiger partial charge in [-0.2, -0.15) is 0 Å². The molecule has 1 aliphatic heterocycles. The highest BCUT2D eigenvalue weighted by molar-refractivity contribution is 7.85. The molecule has 0 saturated heterocycles. The van der Waals surface area contributed by atoms with Crippen LogP contribution in [0, 0.1) is 6.92 Å². The number of aryl methyl sites for hydroxylation is 1. The number of carboxylic acids is 1. The summed E-state index contributed by atoms with van der Waals surface area (Å²) in [5.74, 6) is -0.449. The highest BCUT2D eigenvalue weighted by Crippen LogP contribution is 2.42. The molecule has 3 N–H and O–H groups in total. The number of carbonyl (C=O) groups is 1. The molecule has 0 radical (unpaired) electrons. The summed E-state index contributed by atoms with van der Waals surface area (Å²) in [5, 5.41) is 14.7. The lowest BCUT2D eigenvalue weighted by molar-refractivity contribution is -0.465. The predicted octanol–water partition coefficient (Wildman–Crippen LogP) is 3.47. The Morgan fingerprint density at radius 1 is 0.973 bits per heavy atom. The number of hydrogen-bond donors (Lipinski definition) is 3. The maximum absolute atomic E-state index is 12.0. The van der Waals surface area contributed by atoms with Crippen molar-refractivity contribution in [1.82, 2.24) is 0 Å². The van der Waals surface area contributed by atoms with Crippen LogP contribution in [0.25, 0.3) is 33.4 Å². The van der Waals surface area contributed by atoms with Crippen LogP contribution in [-0.4, -0.2) is 31.1 Å². The molecule has 0 unspecified atom stereocenters. The predicted molar refractivity (Wildman–Crippen MR) is 138 cm³/mol. The van der Waals surface area contributed by atoms with Crippen LogP contribution in [0.3, 0.4) is 0 Å².